The molecule has 1 unspecified atom stereocenters. The Kier molecular flexibility index (Phi) is 7.44. The third kappa shape index (κ3) is 5.50. The fraction of sp³-hybridized carbons (Fsp3) is 0.321. The van der Waals surface area contributed by atoms with E-state index in [-0.39, 0.29) is 11.9 Å². The van der Waals surface area contributed by atoms with Gasteiger partial charge in [0, 0.05) is 18.3 Å². The lowest BCUT2D eigenvalue weighted by Gasteiger charge is -2.35. The van der Waals surface area contributed by atoms with Crippen LogP contribution in [0.15, 0.2) is 84.9 Å². The number of rotatable bonds is 8. The molecule has 1 amide bonds. The van der Waals surface area contributed by atoms with Gasteiger partial charge >= 0.3 is 0 Å². The normalized spacial score (nSPS) is 15.0. The van der Waals surface area contributed by atoms with E-state index in [1.165, 1.54) is 24.8 Å². The molecule has 1 N–H and O–H groups in total. The van der Waals surface area contributed by atoms with Crippen LogP contribution in [0.4, 0.5) is 5.69 Å². The summed E-state index contributed by atoms with van der Waals surface area (Å²) in [6, 6.07) is 28.2. The van der Waals surface area contributed by atoms with Crippen LogP contribution in [0.25, 0.3) is 0 Å². The fourth-order valence-corrected chi connectivity index (χ4v) is 4.52. The van der Waals surface area contributed by atoms with Gasteiger partial charge in [-0.05, 0) is 48.2 Å². The molecule has 0 bridgehead atoms. The summed E-state index contributed by atoms with van der Waals surface area (Å²) in [5.74, 6) is 0.844. The molecule has 0 radical (unpaired) electrons. The van der Waals surface area contributed by atoms with Gasteiger partial charge in [-0.1, -0.05) is 79.9 Å². The number of para-hydroxylation sites is 1. The zero-order valence-electron chi connectivity index (χ0n) is 18.7. The number of methoxy groups -OCH3 is 1. The molecule has 1 aliphatic rings. The van der Waals surface area contributed by atoms with E-state index in [1.54, 1.807) is 7.11 Å². The number of ether oxygens (including phenoxy) is 1. The first-order valence-electron chi connectivity index (χ1n) is 11.5. The summed E-state index contributed by atoms with van der Waals surface area (Å²) in [6.45, 7) is 0.639. The number of amides is 1. The molecule has 1 saturated carbocycles. The SMILES string of the molecule is COc1ccc(C(C(=O)NC2CCCCC2)N(Cc2ccccc2)c2ccccc2)cc1. The minimum Gasteiger partial charge on any atom is -0.497 e. The highest BCUT2D eigenvalue weighted by atomic mass is 16.5. The van der Waals surface area contributed by atoms with Gasteiger partial charge in [-0.3, -0.25) is 4.79 Å². The van der Waals surface area contributed by atoms with Gasteiger partial charge in [0.15, 0.2) is 0 Å². The Bertz CT molecular complexity index is 967. The van der Waals surface area contributed by atoms with E-state index < -0.39 is 6.04 Å². The monoisotopic (exact) mass is 428 g/mol. The Morgan fingerprint density at radius 3 is 2.16 bits per heavy atom. The van der Waals surface area contributed by atoms with E-state index in [1.807, 2.05) is 60.7 Å². The van der Waals surface area contributed by atoms with Crippen LogP contribution in [0.5, 0.6) is 5.75 Å². The van der Waals surface area contributed by atoms with Crippen LogP contribution >= 0.6 is 0 Å². The molecule has 1 fully saturated rings. The van der Waals surface area contributed by atoms with E-state index in [9.17, 15) is 4.79 Å². The lowest BCUT2D eigenvalue weighted by atomic mass is 9.94. The van der Waals surface area contributed by atoms with Gasteiger partial charge in [-0.2, -0.15) is 0 Å². The van der Waals surface area contributed by atoms with Gasteiger partial charge < -0.3 is 15.0 Å². The van der Waals surface area contributed by atoms with Crippen LogP contribution in [0, 0.1) is 0 Å². The molecule has 0 aromatic heterocycles. The van der Waals surface area contributed by atoms with E-state index in [4.69, 9.17) is 4.74 Å². The Hall–Kier alpha value is -3.27. The third-order valence-corrected chi connectivity index (χ3v) is 6.23. The smallest absolute Gasteiger partial charge is 0.247 e. The number of anilines is 1. The van der Waals surface area contributed by atoms with Crippen LogP contribution in [-0.2, 0) is 11.3 Å². The summed E-state index contributed by atoms with van der Waals surface area (Å²) in [7, 11) is 1.66. The molecular formula is C28H32N2O2. The number of carbonyl (C=O) groups is 1. The second-order valence-electron chi connectivity index (χ2n) is 8.47. The first kappa shape index (κ1) is 21.9. The van der Waals surface area contributed by atoms with Crippen molar-refractivity contribution >= 4 is 11.6 Å². The third-order valence-electron chi connectivity index (χ3n) is 6.23. The summed E-state index contributed by atoms with van der Waals surface area (Å²) in [4.78, 5) is 16.0. The number of carbonyl (C=O) groups excluding carboxylic acids is 1. The zero-order chi connectivity index (χ0) is 22.2. The molecule has 0 heterocycles. The van der Waals surface area contributed by atoms with Gasteiger partial charge in [-0.15, -0.1) is 0 Å². The number of nitrogens with zero attached hydrogens (tertiary/aromatic N) is 1. The number of benzene rings is 3. The summed E-state index contributed by atoms with van der Waals surface area (Å²) >= 11 is 0. The predicted molar refractivity (Wildman–Crippen MR) is 130 cm³/mol. The maximum atomic E-state index is 13.8. The van der Waals surface area contributed by atoms with E-state index in [0.29, 0.717) is 6.54 Å². The van der Waals surface area contributed by atoms with Crippen molar-refractivity contribution in [3.8, 4) is 5.75 Å². The minimum absolute atomic E-state index is 0.0573. The van der Waals surface area contributed by atoms with Gasteiger partial charge in [-0.25, -0.2) is 0 Å². The lowest BCUT2D eigenvalue weighted by molar-refractivity contribution is -0.123. The highest BCUT2D eigenvalue weighted by molar-refractivity contribution is 5.87. The van der Waals surface area contributed by atoms with E-state index >= 15 is 0 Å². The summed E-state index contributed by atoms with van der Waals surface area (Å²) < 4.78 is 5.36. The van der Waals surface area contributed by atoms with Gasteiger partial charge in [0.25, 0.3) is 0 Å². The quantitative estimate of drug-likeness (QED) is 0.486. The summed E-state index contributed by atoms with van der Waals surface area (Å²) in [5.41, 5.74) is 3.15. The molecule has 4 nitrogen and oxygen atoms in total. The molecule has 1 atom stereocenters. The first-order valence-corrected chi connectivity index (χ1v) is 11.5. The largest absolute Gasteiger partial charge is 0.497 e. The van der Waals surface area contributed by atoms with Crippen molar-refractivity contribution in [1.82, 2.24) is 5.32 Å². The van der Waals surface area contributed by atoms with Gasteiger partial charge in [0.1, 0.15) is 11.8 Å². The maximum Gasteiger partial charge on any atom is 0.247 e. The van der Waals surface area contributed by atoms with Crippen LogP contribution in [0.2, 0.25) is 0 Å². The van der Waals surface area contributed by atoms with E-state index in [0.717, 1.165) is 29.8 Å². The lowest BCUT2D eigenvalue weighted by Crippen LogP contribution is -2.45. The van der Waals surface area contributed by atoms with Crippen molar-refractivity contribution in [3.05, 3.63) is 96.1 Å². The van der Waals surface area contributed by atoms with Gasteiger partial charge in [0.2, 0.25) is 5.91 Å². The number of hydrogen-bond donors (Lipinski definition) is 1. The molecule has 3 aromatic carbocycles. The molecule has 0 saturated heterocycles. The second kappa shape index (κ2) is 10.9. The predicted octanol–water partition coefficient (Wildman–Crippen LogP) is 5.89. The average Bonchev–Trinajstić information content (AvgIpc) is 2.86. The highest BCUT2D eigenvalue weighted by Crippen LogP contribution is 2.31. The molecule has 166 valence electrons. The maximum absolute atomic E-state index is 13.8. The topological polar surface area (TPSA) is 41.6 Å². The van der Waals surface area contributed by atoms with Crippen molar-refractivity contribution in [2.45, 2.75) is 50.7 Å². The molecule has 0 aliphatic heterocycles. The molecule has 0 spiro atoms. The Balaban J connectivity index is 1.71. The van der Waals surface area contributed by atoms with Crippen LogP contribution in [0.3, 0.4) is 0 Å². The Morgan fingerprint density at radius 1 is 0.906 bits per heavy atom. The highest BCUT2D eigenvalue weighted by Gasteiger charge is 2.30. The minimum atomic E-state index is -0.439. The van der Waals surface area contributed by atoms with Crippen molar-refractivity contribution in [3.63, 3.8) is 0 Å². The molecule has 1 aliphatic carbocycles. The van der Waals surface area contributed by atoms with Crippen molar-refractivity contribution < 1.29 is 9.53 Å². The first-order chi connectivity index (χ1) is 15.7. The Labute approximate surface area is 191 Å². The van der Waals surface area contributed by atoms with E-state index in [2.05, 4.69) is 34.5 Å². The van der Waals surface area contributed by atoms with Crippen molar-refractivity contribution in [1.29, 1.82) is 0 Å². The summed E-state index contributed by atoms with van der Waals surface area (Å²) in [5, 5.41) is 3.37. The van der Waals surface area contributed by atoms with Gasteiger partial charge in [0.05, 0.1) is 7.11 Å². The van der Waals surface area contributed by atoms with Crippen molar-refractivity contribution in [2.24, 2.45) is 0 Å². The van der Waals surface area contributed by atoms with Crippen molar-refractivity contribution in [2.75, 3.05) is 12.0 Å². The van der Waals surface area contributed by atoms with Crippen LogP contribution in [-0.4, -0.2) is 19.1 Å². The van der Waals surface area contributed by atoms with Crippen LogP contribution < -0.4 is 15.0 Å². The standard InChI is InChI=1S/C28H32N2O2/c1-32-26-19-17-23(18-20-26)27(28(31)29-24-13-7-3-8-14-24)30(25-15-9-4-10-16-25)21-22-11-5-2-6-12-22/h2,4-6,9-12,15-20,24,27H,3,7-8,13-14,21H2,1H3,(H,29,31). The molecule has 3 aromatic rings. The molecular weight excluding hydrogens is 396 g/mol. The fourth-order valence-electron chi connectivity index (χ4n) is 4.52. The second-order valence-corrected chi connectivity index (χ2v) is 8.47. The molecule has 32 heavy (non-hydrogen) atoms. The molecule has 4 heteroatoms. The number of hydrogen-bond acceptors (Lipinski definition) is 3. The van der Waals surface area contributed by atoms with Crippen LogP contribution in [0.1, 0.15) is 49.3 Å². The molecule has 4 rings (SSSR count). The summed E-state index contributed by atoms with van der Waals surface area (Å²) in [6.07, 6.45) is 5.75. The Morgan fingerprint density at radius 2 is 1.53 bits per heavy atom. The number of nitrogens with one attached hydrogen (secondary N) is 1. The zero-order valence-corrected chi connectivity index (χ0v) is 18.7. The average molecular weight is 429 g/mol.